The Kier molecular flexibility index (Phi) is 3.87. The molecule has 1 aliphatic heterocycles. The van der Waals surface area contributed by atoms with E-state index in [-0.39, 0.29) is 16.9 Å². The first-order valence-electron chi connectivity index (χ1n) is 9.07. The fraction of sp³-hybridized carbons (Fsp3) is 0.200. The van der Waals surface area contributed by atoms with Crippen LogP contribution in [0, 0.1) is 11.6 Å². The van der Waals surface area contributed by atoms with E-state index < -0.39 is 11.4 Å². The second kappa shape index (κ2) is 6.42. The molecule has 0 radical (unpaired) electrons. The summed E-state index contributed by atoms with van der Waals surface area (Å²) in [7, 11) is 0. The van der Waals surface area contributed by atoms with E-state index in [0.29, 0.717) is 35.2 Å². The maximum absolute atomic E-state index is 14.9. The van der Waals surface area contributed by atoms with Gasteiger partial charge in [-0.25, -0.2) is 13.5 Å². The molecule has 0 amide bonds. The minimum Gasteiger partial charge on any atom is -0.367 e. The number of nitrogens with zero attached hydrogens (tertiary/aromatic N) is 3. The maximum Gasteiger partial charge on any atom is 0.280 e. The van der Waals surface area contributed by atoms with Crippen LogP contribution in [0.5, 0.6) is 0 Å². The van der Waals surface area contributed by atoms with Crippen LogP contribution in [0.3, 0.4) is 0 Å². The molecule has 2 N–H and O–H groups in total. The lowest BCUT2D eigenvalue weighted by Gasteiger charge is -2.29. The average molecular weight is 381 g/mol. The molecule has 6 nitrogen and oxygen atoms in total. The SMILES string of the molecule is O=c1c2cnc3cc(N4CCNCC4)c(F)cc3c2[nH]n1-c1ccccc1F. The van der Waals surface area contributed by atoms with E-state index in [4.69, 9.17) is 0 Å². The van der Waals surface area contributed by atoms with Gasteiger partial charge in [-0.3, -0.25) is 14.9 Å². The van der Waals surface area contributed by atoms with Gasteiger partial charge < -0.3 is 10.2 Å². The molecule has 1 fully saturated rings. The van der Waals surface area contributed by atoms with Crippen LogP contribution < -0.4 is 15.8 Å². The highest BCUT2D eigenvalue weighted by molar-refractivity contribution is 6.03. The summed E-state index contributed by atoms with van der Waals surface area (Å²) in [5.74, 6) is -0.899. The first-order chi connectivity index (χ1) is 13.6. The summed E-state index contributed by atoms with van der Waals surface area (Å²) in [6.07, 6.45) is 1.45. The summed E-state index contributed by atoms with van der Waals surface area (Å²) >= 11 is 0. The summed E-state index contributed by atoms with van der Waals surface area (Å²) in [5.41, 5.74) is 1.18. The van der Waals surface area contributed by atoms with Crippen LogP contribution in [-0.2, 0) is 0 Å². The van der Waals surface area contributed by atoms with Crippen LogP contribution in [0.2, 0.25) is 0 Å². The van der Waals surface area contributed by atoms with Gasteiger partial charge in [0.2, 0.25) is 0 Å². The van der Waals surface area contributed by atoms with Gasteiger partial charge in [-0.05, 0) is 24.3 Å². The average Bonchev–Trinajstić information content (AvgIpc) is 3.05. The molecule has 1 aliphatic rings. The van der Waals surface area contributed by atoms with Gasteiger partial charge in [-0.15, -0.1) is 0 Å². The molecule has 28 heavy (non-hydrogen) atoms. The molecule has 0 bridgehead atoms. The van der Waals surface area contributed by atoms with Gasteiger partial charge in [0.15, 0.2) is 0 Å². The Balaban J connectivity index is 1.72. The Morgan fingerprint density at radius 1 is 0.964 bits per heavy atom. The summed E-state index contributed by atoms with van der Waals surface area (Å²) in [6.45, 7) is 3.02. The van der Waals surface area contributed by atoms with Crippen LogP contribution in [0.1, 0.15) is 0 Å². The van der Waals surface area contributed by atoms with Crippen molar-refractivity contribution in [1.29, 1.82) is 0 Å². The van der Waals surface area contributed by atoms with Crippen molar-refractivity contribution in [3.05, 3.63) is 64.6 Å². The summed E-state index contributed by atoms with van der Waals surface area (Å²) in [6, 6.07) is 9.08. The number of benzene rings is 2. The normalized spacial score (nSPS) is 14.9. The second-order valence-corrected chi connectivity index (χ2v) is 6.81. The standard InChI is InChI=1S/C20H17F2N5O/c21-14-3-1-2-4-17(14)27-20(28)13-11-24-16-10-18(26-7-5-23-6-8-26)15(22)9-12(16)19(13)25-27/h1-4,9-11,23,25H,5-8H2. The topological polar surface area (TPSA) is 66.0 Å². The quantitative estimate of drug-likeness (QED) is 0.560. The summed E-state index contributed by atoms with van der Waals surface area (Å²) in [5, 5.41) is 6.94. The van der Waals surface area contributed by atoms with Crippen molar-refractivity contribution in [3.63, 3.8) is 0 Å². The fourth-order valence-corrected chi connectivity index (χ4v) is 3.72. The van der Waals surface area contributed by atoms with Gasteiger partial charge in [0.25, 0.3) is 5.56 Å². The Labute approximate surface area is 158 Å². The van der Waals surface area contributed by atoms with Crippen LogP contribution in [0.15, 0.2) is 47.4 Å². The number of aromatic nitrogens is 3. The zero-order valence-electron chi connectivity index (χ0n) is 14.9. The van der Waals surface area contributed by atoms with E-state index in [1.807, 2.05) is 4.90 Å². The molecule has 142 valence electrons. The van der Waals surface area contributed by atoms with Gasteiger partial charge in [-0.2, -0.15) is 0 Å². The molecule has 0 spiro atoms. The Morgan fingerprint density at radius 2 is 1.75 bits per heavy atom. The molecule has 8 heteroatoms. The molecular formula is C20H17F2N5O. The predicted molar refractivity (Wildman–Crippen MR) is 104 cm³/mol. The number of aromatic amines is 1. The third-order valence-electron chi connectivity index (χ3n) is 5.14. The molecule has 4 aromatic rings. The molecule has 5 rings (SSSR count). The van der Waals surface area contributed by atoms with E-state index in [1.54, 1.807) is 18.2 Å². The van der Waals surface area contributed by atoms with Gasteiger partial charge in [-0.1, -0.05) is 12.1 Å². The van der Waals surface area contributed by atoms with Crippen molar-refractivity contribution in [2.45, 2.75) is 0 Å². The number of halogens is 2. The van der Waals surface area contributed by atoms with E-state index in [2.05, 4.69) is 15.4 Å². The molecule has 0 unspecified atom stereocenters. The second-order valence-electron chi connectivity index (χ2n) is 6.81. The number of piperazine rings is 1. The number of rotatable bonds is 2. The van der Waals surface area contributed by atoms with Crippen molar-refractivity contribution in [2.24, 2.45) is 0 Å². The van der Waals surface area contributed by atoms with E-state index in [0.717, 1.165) is 17.8 Å². The Bertz CT molecular complexity index is 1260. The van der Waals surface area contributed by atoms with Gasteiger partial charge in [0.1, 0.15) is 17.3 Å². The highest BCUT2D eigenvalue weighted by Gasteiger charge is 2.19. The number of hydrogen-bond acceptors (Lipinski definition) is 4. The van der Waals surface area contributed by atoms with Gasteiger partial charge in [0, 0.05) is 37.8 Å². The number of H-pyrrole nitrogens is 1. The largest absolute Gasteiger partial charge is 0.367 e. The molecule has 2 aromatic carbocycles. The van der Waals surface area contributed by atoms with Crippen LogP contribution in [0.25, 0.3) is 27.5 Å². The number of anilines is 1. The number of nitrogens with one attached hydrogen (secondary N) is 2. The number of fused-ring (bicyclic) bond motifs is 3. The molecule has 3 heterocycles. The van der Waals surface area contributed by atoms with Crippen LogP contribution in [0.4, 0.5) is 14.5 Å². The summed E-state index contributed by atoms with van der Waals surface area (Å²) in [4.78, 5) is 19.1. The Hall–Kier alpha value is -3.26. The fourth-order valence-electron chi connectivity index (χ4n) is 3.72. The van der Waals surface area contributed by atoms with Gasteiger partial charge >= 0.3 is 0 Å². The molecule has 2 aromatic heterocycles. The molecular weight excluding hydrogens is 364 g/mol. The van der Waals surface area contributed by atoms with Crippen molar-refractivity contribution < 1.29 is 8.78 Å². The third kappa shape index (κ3) is 2.56. The van der Waals surface area contributed by atoms with Crippen LogP contribution >= 0.6 is 0 Å². The minimum absolute atomic E-state index is 0.106. The van der Waals surface area contributed by atoms with Crippen molar-refractivity contribution in [1.82, 2.24) is 20.1 Å². The molecule has 0 atom stereocenters. The molecule has 0 saturated carbocycles. The lowest BCUT2D eigenvalue weighted by molar-refractivity contribution is 0.567. The molecule has 0 aliphatic carbocycles. The highest BCUT2D eigenvalue weighted by atomic mass is 19.1. The molecule has 1 saturated heterocycles. The third-order valence-corrected chi connectivity index (χ3v) is 5.14. The van der Waals surface area contributed by atoms with E-state index >= 15 is 0 Å². The predicted octanol–water partition coefficient (Wildman–Crippen LogP) is 2.55. The van der Waals surface area contributed by atoms with Crippen LogP contribution in [-0.4, -0.2) is 40.9 Å². The van der Waals surface area contributed by atoms with Crippen molar-refractivity contribution >= 4 is 27.5 Å². The zero-order valence-corrected chi connectivity index (χ0v) is 14.9. The van der Waals surface area contributed by atoms with E-state index in [9.17, 15) is 13.6 Å². The van der Waals surface area contributed by atoms with E-state index in [1.165, 1.54) is 24.4 Å². The maximum atomic E-state index is 14.9. The monoisotopic (exact) mass is 381 g/mol. The number of para-hydroxylation sites is 1. The first kappa shape index (κ1) is 16.9. The minimum atomic E-state index is -0.527. The summed E-state index contributed by atoms with van der Waals surface area (Å²) < 4.78 is 30.2. The highest BCUT2D eigenvalue weighted by Crippen LogP contribution is 2.29. The van der Waals surface area contributed by atoms with Crippen molar-refractivity contribution in [3.8, 4) is 5.69 Å². The number of pyridine rings is 1. The first-order valence-corrected chi connectivity index (χ1v) is 9.07. The zero-order chi connectivity index (χ0) is 19.3. The van der Waals surface area contributed by atoms with Gasteiger partial charge in [0.05, 0.1) is 22.1 Å². The smallest absolute Gasteiger partial charge is 0.280 e. The lowest BCUT2D eigenvalue weighted by Crippen LogP contribution is -2.43. The Morgan fingerprint density at radius 3 is 2.54 bits per heavy atom. The lowest BCUT2D eigenvalue weighted by atomic mass is 10.1. The van der Waals surface area contributed by atoms with Crippen molar-refractivity contribution in [2.75, 3.05) is 31.1 Å². The number of hydrogen-bond donors (Lipinski definition) is 2.